The van der Waals surface area contributed by atoms with Crippen LogP contribution in [0.3, 0.4) is 0 Å². The molecule has 1 aromatic carbocycles. The van der Waals surface area contributed by atoms with Gasteiger partial charge >= 0.3 is 0 Å². The van der Waals surface area contributed by atoms with Crippen molar-refractivity contribution in [2.24, 2.45) is 5.92 Å². The molecule has 4 heteroatoms. The van der Waals surface area contributed by atoms with Crippen molar-refractivity contribution in [1.29, 1.82) is 0 Å². The number of hydrogen-bond acceptors (Lipinski definition) is 3. The standard InChI is InChI=1S/C13H17NO3/c1-9(10(2)15)13(16)14(3)11-5-7-12(17-4)8-6-11/h5-9H,1-4H3. The van der Waals surface area contributed by atoms with Gasteiger partial charge in [0, 0.05) is 12.7 Å². The van der Waals surface area contributed by atoms with Crippen LogP contribution in [0, 0.1) is 5.92 Å². The second-order valence-corrected chi connectivity index (χ2v) is 3.93. The van der Waals surface area contributed by atoms with Crippen molar-refractivity contribution in [3.8, 4) is 5.75 Å². The van der Waals surface area contributed by atoms with E-state index >= 15 is 0 Å². The van der Waals surface area contributed by atoms with Crippen LogP contribution < -0.4 is 9.64 Å². The fraction of sp³-hybridized carbons (Fsp3) is 0.385. The lowest BCUT2D eigenvalue weighted by Crippen LogP contribution is -2.34. The third kappa shape index (κ3) is 3.06. The molecule has 1 unspecified atom stereocenters. The molecule has 1 amide bonds. The molecule has 0 saturated heterocycles. The highest BCUT2D eigenvalue weighted by atomic mass is 16.5. The number of methoxy groups -OCH3 is 1. The first-order valence-electron chi connectivity index (χ1n) is 5.39. The van der Waals surface area contributed by atoms with Gasteiger partial charge < -0.3 is 9.64 Å². The van der Waals surface area contributed by atoms with Crippen LogP contribution in [0.4, 0.5) is 5.69 Å². The first kappa shape index (κ1) is 13.2. The van der Waals surface area contributed by atoms with Crippen LogP contribution >= 0.6 is 0 Å². The Balaban J connectivity index is 2.84. The average molecular weight is 235 g/mol. The van der Waals surface area contributed by atoms with Gasteiger partial charge in [-0.25, -0.2) is 0 Å². The Labute approximate surface area is 101 Å². The largest absolute Gasteiger partial charge is 0.497 e. The summed E-state index contributed by atoms with van der Waals surface area (Å²) in [6.45, 7) is 3.04. The Morgan fingerprint density at radius 3 is 2.18 bits per heavy atom. The zero-order valence-electron chi connectivity index (χ0n) is 10.6. The smallest absolute Gasteiger partial charge is 0.236 e. The summed E-state index contributed by atoms with van der Waals surface area (Å²) >= 11 is 0. The number of rotatable bonds is 4. The van der Waals surface area contributed by atoms with Crippen molar-refractivity contribution in [3.63, 3.8) is 0 Å². The molecular formula is C13H17NO3. The molecule has 0 spiro atoms. The summed E-state index contributed by atoms with van der Waals surface area (Å²) in [6, 6.07) is 7.11. The molecule has 0 radical (unpaired) electrons. The van der Waals surface area contributed by atoms with Crippen LogP contribution in [-0.2, 0) is 9.59 Å². The van der Waals surface area contributed by atoms with Gasteiger partial charge in [-0.3, -0.25) is 9.59 Å². The zero-order valence-corrected chi connectivity index (χ0v) is 10.6. The number of carbonyl (C=O) groups excluding carboxylic acids is 2. The first-order valence-corrected chi connectivity index (χ1v) is 5.39. The van der Waals surface area contributed by atoms with Crippen molar-refractivity contribution >= 4 is 17.4 Å². The van der Waals surface area contributed by atoms with E-state index in [-0.39, 0.29) is 11.7 Å². The summed E-state index contributed by atoms with van der Waals surface area (Å²) in [5, 5.41) is 0. The summed E-state index contributed by atoms with van der Waals surface area (Å²) < 4.78 is 5.04. The quantitative estimate of drug-likeness (QED) is 0.749. The fourth-order valence-electron chi connectivity index (χ4n) is 1.40. The molecule has 0 aliphatic heterocycles. The van der Waals surface area contributed by atoms with Crippen molar-refractivity contribution in [3.05, 3.63) is 24.3 Å². The van der Waals surface area contributed by atoms with E-state index in [1.807, 2.05) is 0 Å². The van der Waals surface area contributed by atoms with Crippen molar-refractivity contribution in [2.45, 2.75) is 13.8 Å². The average Bonchev–Trinajstić information content (AvgIpc) is 2.36. The highest BCUT2D eigenvalue weighted by Crippen LogP contribution is 2.19. The van der Waals surface area contributed by atoms with Crippen molar-refractivity contribution in [1.82, 2.24) is 0 Å². The number of amides is 1. The minimum Gasteiger partial charge on any atom is -0.497 e. The summed E-state index contributed by atoms with van der Waals surface area (Å²) in [5.74, 6) is -0.214. The molecule has 4 nitrogen and oxygen atoms in total. The Hall–Kier alpha value is -1.84. The predicted molar refractivity (Wildman–Crippen MR) is 66.2 cm³/mol. The Kier molecular flexibility index (Phi) is 4.26. The Morgan fingerprint density at radius 2 is 1.76 bits per heavy atom. The molecule has 92 valence electrons. The van der Waals surface area contributed by atoms with Crippen molar-refractivity contribution in [2.75, 3.05) is 19.1 Å². The topological polar surface area (TPSA) is 46.6 Å². The summed E-state index contributed by atoms with van der Waals surface area (Å²) in [7, 11) is 3.24. The number of benzene rings is 1. The van der Waals surface area contributed by atoms with Gasteiger partial charge in [-0.1, -0.05) is 0 Å². The van der Waals surface area contributed by atoms with Gasteiger partial charge in [-0.2, -0.15) is 0 Å². The lowest BCUT2D eigenvalue weighted by atomic mass is 10.1. The molecule has 17 heavy (non-hydrogen) atoms. The summed E-state index contributed by atoms with van der Waals surface area (Å²) in [4.78, 5) is 24.5. The number of hydrogen-bond donors (Lipinski definition) is 0. The van der Waals surface area contributed by atoms with Gasteiger partial charge in [0.1, 0.15) is 11.5 Å². The molecule has 1 aromatic rings. The number of anilines is 1. The van der Waals surface area contributed by atoms with E-state index in [0.717, 1.165) is 11.4 Å². The van der Waals surface area contributed by atoms with Gasteiger partial charge in [0.25, 0.3) is 0 Å². The molecule has 1 atom stereocenters. The number of carbonyl (C=O) groups is 2. The lowest BCUT2D eigenvalue weighted by Gasteiger charge is -2.20. The maximum absolute atomic E-state index is 11.9. The van der Waals surface area contributed by atoms with E-state index in [2.05, 4.69) is 0 Å². The SMILES string of the molecule is COc1ccc(N(C)C(=O)C(C)C(C)=O)cc1. The molecule has 0 heterocycles. The van der Waals surface area contributed by atoms with E-state index in [0.29, 0.717) is 0 Å². The molecular weight excluding hydrogens is 218 g/mol. The third-order valence-corrected chi connectivity index (χ3v) is 2.77. The molecule has 0 fully saturated rings. The zero-order chi connectivity index (χ0) is 13.0. The molecule has 0 N–H and O–H groups in total. The normalized spacial score (nSPS) is 11.8. The van der Waals surface area contributed by atoms with Gasteiger partial charge in [0.05, 0.1) is 13.0 Å². The maximum Gasteiger partial charge on any atom is 0.236 e. The second kappa shape index (κ2) is 5.48. The maximum atomic E-state index is 11.9. The number of nitrogens with zero attached hydrogens (tertiary/aromatic N) is 1. The highest BCUT2D eigenvalue weighted by Gasteiger charge is 2.22. The van der Waals surface area contributed by atoms with Crippen LogP contribution in [0.2, 0.25) is 0 Å². The minimum absolute atomic E-state index is 0.129. The molecule has 0 aliphatic carbocycles. The number of ketones is 1. The second-order valence-electron chi connectivity index (χ2n) is 3.93. The predicted octanol–water partition coefficient (Wildman–Crippen LogP) is 1.88. The first-order chi connectivity index (χ1) is 7.97. The third-order valence-electron chi connectivity index (χ3n) is 2.77. The molecule has 0 aromatic heterocycles. The van der Waals surface area contributed by atoms with Crippen LogP contribution in [0.25, 0.3) is 0 Å². The van der Waals surface area contributed by atoms with Crippen LogP contribution in [0.15, 0.2) is 24.3 Å². The van der Waals surface area contributed by atoms with Gasteiger partial charge in [0.15, 0.2) is 0 Å². The Morgan fingerprint density at radius 1 is 1.24 bits per heavy atom. The van der Waals surface area contributed by atoms with E-state index in [1.54, 1.807) is 45.3 Å². The molecule has 0 bridgehead atoms. The summed E-state index contributed by atoms with van der Waals surface area (Å²) in [5.41, 5.74) is 0.740. The minimum atomic E-state index is -0.609. The lowest BCUT2D eigenvalue weighted by molar-refractivity contribution is -0.130. The van der Waals surface area contributed by atoms with E-state index < -0.39 is 5.92 Å². The Bertz CT molecular complexity index is 411. The fourth-order valence-corrected chi connectivity index (χ4v) is 1.40. The number of ether oxygens (including phenoxy) is 1. The number of Topliss-reactive ketones (excluding diaryl/α,β-unsaturated/α-hetero) is 1. The molecule has 0 saturated carbocycles. The van der Waals surface area contributed by atoms with Gasteiger partial charge in [0.2, 0.25) is 5.91 Å². The molecule has 0 aliphatic rings. The van der Waals surface area contributed by atoms with Crippen LogP contribution in [0.5, 0.6) is 5.75 Å². The highest BCUT2D eigenvalue weighted by molar-refractivity contribution is 6.07. The van der Waals surface area contributed by atoms with Crippen LogP contribution in [-0.4, -0.2) is 25.8 Å². The van der Waals surface area contributed by atoms with Gasteiger partial charge in [-0.15, -0.1) is 0 Å². The monoisotopic (exact) mass is 235 g/mol. The van der Waals surface area contributed by atoms with Crippen molar-refractivity contribution < 1.29 is 14.3 Å². The van der Waals surface area contributed by atoms with E-state index in [4.69, 9.17) is 4.74 Å². The molecule has 1 rings (SSSR count). The van der Waals surface area contributed by atoms with E-state index in [1.165, 1.54) is 11.8 Å². The summed E-state index contributed by atoms with van der Waals surface area (Å²) in [6.07, 6.45) is 0. The van der Waals surface area contributed by atoms with Crippen LogP contribution in [0.1, 0.15) is 13.8 Å². The van der Waals surface area contributed by atoms with Gasteiger partial charge in [-0.05, 0) is 38.1 Å². The van der Waals surface area contributed by atoms with E-state index in [9.17, 15) is 9.59 Å².